The summed E-state index contributed by atoms with van der Waals surface area (Å²) in [5.41, 5.74) is 1.78. The summed E-state index contributed by atoms with van der Waals surface area (Å²) in [6, 6.07) is 8.52. The van der Waals surface area contributed by atoms with Gasteiger partial charge in [0.2, 0.25) is 0 Å². The summed E-state index contributed by atoms with van der Waals surface area (Å²) in [7, 11) is 0. The lowest BCUT2D eigenvalue weighted by Crippen LogP contribution is -2.10. The number of hydrogen-bond acceptors (Lipinski definition) is 3. The molecular weight excluding hydrogens is 250 g/mol. The second-order valence-electron chi connectivity index (χ2n) is 3.87. The molecule has 0 unspecified atom stereocenters. The summed E-state index contributed by atoms with van der Waals surface area (Å²) in [6.07, 6.45) is 1.62. The Hall–Kier alpha value is -2.12. The van der Waals surface area contributed by atoms with Crippen LogP contribution in [-0.4, -0.2) is 15.6 Å². The van der Waals surface area contributed by atoms with Crippen molar-refractivity contribution >= 4 is 17.4 Å². The standard InChI is InChI=1S/C13H10ClN3O/c1-9-12(14)7-17(16-9)8-13(18)11-4-2-10(6-15)3-5-11/h2-5,7H,8H2,1H3. The van der Waals surface area contributed by atoms with Gasteiger partial charge in [0.1, 0.15) is 6.54 Å². The Morgan fingerprint density at radius 3 is 2.61 bits per heavy atom. The SMILES string of the molecule is Cc1nn(CC(=O)c2ccc(C#N)cc2)cc1Cl. The highest BCUT2D eigenvalue weighted by atomic mass is 35.5. The van der Waals surface area contributed by atoms with E-state index in [2.05, 4.69) is 5.10 Å². The summed E-state index contributed by atoms with van der Waals surface area (Å²) in [5, 5.41) is 13.3. The van der Waals surface area contributed by atoms with Crippen molar-refractivity contribution in [2.75, 3.05) is 0 Å². The first-order valence-corrected chi connectivity index (χ1v) is 5.71. The van der Waals surface area contributed by atoms with Crippen molar-refractivity contribution in [2.24, 2.45) is 0 Å². The van der Waals surface area contributed by atoms with Gasteiger partial charge < -0.3 is 0 Å². The van der Waals surface area contributed by atoms with Crippen LogP contribution in [0.25, 0.3) is 0 Å². The highest BCUT2D eigenvalue weighted by Gasteiger charge is 2.09. The number of nitriles is 1. The maximum atomic E-state index is 11.9. The maximum Gasteiger partial charge on any atom is 0.184 e. The van der Waals surface area contributed by atoms with E-state index in [0.29, 0.717) is 21.8 Å². The molecular formula is C13H10ClN3O. The van der Waals surface area contributed by atoms with Gasteiger partial charge in [-0.3, -0.25) is 9.48 Å². The molecule has 5 heteroatoms. The Morgan fingerprint density at radius 2 is 2.11 bits per heavy atom. The zero-order valence-corrected chi connectivity index (χ0v) is 10.5. The van der Waals surface area contributed by atoms with Gasteiger partial charge in [-0.2, -0.15) is 10.4 Å². The summed E-state index contributed by atoms with van der Waals surface area (Å²) in [5.74, 6) is -0.0707. The Kier molecular flexibility index (Phi) is 3.45. The van der Waals surface area contributed by atoms with Crippen LogP contribution in [0.4, 0.5) is 0 Å². The van der Waals surface area contributed by atoms with Gasteiger partial charge in [0.25, 0.3) is 0 Å². The van der Waals surface area contributed by atoms with Crippen molar-refractivity contribution in [3.05, 3.63) is 52.3 Å². The van der Waals surface area contributed by atoms with Gasteiger partial charge in [-0.1, -0.05) is 23.7 Å². The van der Waals surface area contributed by atoms with Crippen LogP contribution in [-0.2, 0) is 6.54 Å². The molecule has 0 radical (unpaired) electrons. The minimum atomic E-state index is -0.0707. The molecule has 1 heterocycles. The number of Topliss-reactive ketones (excluding diaryl/α,β-unsaturated/α-hetero) is 1. The normalized spacial score (nSPS) is 10.1. The van der Waals surface area contributed by atoms with E-state index in [1.165, 1.54) is 4.68 Å². The highest BCUT2D eigenvalue weighted by Crippen LogP contribution is 2.13. The number of rotatable bonds is 3. The molecule has 18 heavy (non-hydrogen) atoms. The zero-order chi connectivity index (χ0) is 13.1. The second kappa shape index (κ2) is 5.03. The first-order valence-electron chi connectivity index (χ1n) is 5.33. The molecule has 0 fully saturated rings. The lowest BCUT2D eigenvalue weighted by Gasteiger charge is -2.01. The molecule has 2 rings (SSSR count). The summed E-state index contributed by atoms with van der Waals surface area (Å²) < 4.78 is 1.51. The molecule has 0 atom stereocenters. The Bertz CT molecular complexity index is 603. The van der Waals surface area contributed by atoms with Crippen LogP contribution in [0.3, 0.4) is 0 Å². The van der Waals surface area contributed by atoms with Gasteiger partial charge in [-0.25, -0.2) is 0 Å². The minimum Gasteiger partial charge on any atom is -0.292 e. The fourth-order valence-corrected chi connectivity index (χ4v) is 1.69. The predicted octanol–water partition coefficient (Wildman–Crippen LogP) is 2.60. The molecule has 0 aliphatic carbocycles. The van der Waals surface area contributed by atoms with Crippen LogP contribution in [0.5, 0.6) is 0 Å². The Morgan fingerprint density at radius 1 is 1.44 bits per heavy atom. The van der Waals surface area contributed by atoms with Crippen LogP contribution in [0.2, 0.25) is 5.02 Å². The van der Waals surface area contributed by atoms with Crippen molar-refractivity contribution in [1.82, 2.24) is 9.78 Å². The number of halogens is 1. The van der Waals surface area contributed by atoms with E-state index in [0.717, 1.165) is 0 Å². The van der Waals surface area contributed by atoms with Crippen molar-refractivity contribution < 1.29 is 4.79 Å². The van der Waals surface area contributed by atoms with Gasteiger partial charge in [0, 0.05) is 11.8 Å². The van der Waals surface area contributed by atoms with E-state index >= 15 is 0 Å². The van der Waals surface area contributed by atoms with Gasteiger partial charge in [-0.05, 0) is 19.1 Å². The van der Waals surface area contributed by atoms with Crippen LogP contribution < -0.4 is 0 Å². The summed E-state index contributed by atoms with van der Waals surface area (Å²) >= 11 is 5.87. The second-order valence-corrected chi connectivity index (χ2v) is 4.28. The quantitative estimate of drug-likeness (QED) is 0.796. The number of benzene rings is 1. The van der Waals surface area contributed by atoms with Crippen LogP contribution >= 0.6 is 11.6 Å². The molecule has 0 spiro atoms. The predicted molar refractivity (Wildman–Crippen MR) is 67.5 cm³/mol. The molecule has 2 aromatic rings. The molecule has 0 saturated carbocycles. The zero-order valence-electron chi connectivity index (χ0n) is 9.72. The Balaban J connectivity index is 2.14. The molecule has 1 aromatic carbocycles. The molecule has 0 N–H and O–H groups in total. The van der Waals surface area contributed by atoms with Crippen molar-refractivity contribution in [3.8, 4) is 6.07 Å². The highest BCUT2D eigenvalue weighted by molar-refractivity contribution is 6.31. The van der Waals surface area contributed by atoms with E-state index in [9.17, 15) is 4.79 Å². The van der Waals surface area contributed by atoms with Crippen LogP contribution in [0.1, 0.15) is 21.6 Å². The fourth-order valence-electron chi connectivity index (χ4n) is 1.54. The number of aryl methyl sites for hydroxylation is 1. The smallest absolute Gasteiger partial charge is 0.184 e. The van der Waals surface area contributed by atoms with Crippen molar-refractivity contribution in [2.45, 2.75) is 13.5 Å². The first-order chi connectivity index (χ1) is 8.60. The van der Waals surface area contributed by atoms with Gasteiger partial charge in [0.05, 0.1) is 22.3 Å². The van der Waals surface area contributed by atoms with Crippen LogP contribution in [0.15, 0.2) is 30.5 Å². The van der Waals surface area contributed by atoms with Crippen molar-refractivity contribution in [3.63, 3.8) is 0 Å². The van der Waals surface area contributed by atoms with E-state index < -0.39 is 0 Å². The molecule has 0 bridgehead atoms. The van der Waals surface area contributed by atoms with E-state index in [1.807, 2.05) is 6.07 Å². The third kappa shape index (κ3) is 2.58. The molecule has 4 nitrogen and oxygen atoms in total. The molecule has 0 aliphatic rings. The average Bonchev–Trinajstić information content (AvgIpc) is 2.68. The largest absolute Gasteiger partial charge is 0.292 e. The third-order valence-corrected chi connectivity index (χ3v) is 2.90. The summed E-state index contributed by atoms with van der Waals surface area (Å²) in [4.78, 5) is 11.9. The minimum absolute atomic E-state index is 0.0707. The molecule has 0 saturated heterocycles. The van der Waals surface area contributed by atoms with Crippen LogP contribution in [0, 0.1) is 18.3 Å². The number of ketones is 1. The third-order valence-electron chi connectivity index (χ3n) is 2.53. The monoisotopic (exact) mass is 259 g/mol. The molecule has 90 valence electrons. The van der Waals surface area contributed by atoms with E-state index in [4.69, 9.17) is 16.9 Å². The topological polar surface area (TPSA) is 58.7 Å². The maximum absolute atomic E-state index is 11.9. The van der Waals surface area contributed by atoms with Gasteiger partial charge >= 0.3 is 0 Å². The number of hydrogen-bond donors (Lipinski definition) is 0. The number of carbonyl (C=O) groups is 1. The molecule has 0 amide bonds. The first kappa shape index (κ1) is 12.3. The number of carbonyl (C=O) groups excluding carboxylic acids is 1. The molecule has 0 aliphatic heterocycles. The fraction of sp³-hybridized carbons (Fsp3) is 0.154. The Labute approximate surface area is 109 Å². The van der Waals surface area contributed by atoms with Gasteiger partial charge in [-0.15, -0.1) is 0 Å². The summed E-state index contributed by atoms with van der Waals surface area (Å²) in [6.45, 7) is 1.92. The van der Waals surface area contributed by atoms with Gasteiger partial charge in [0.15, 0.2) is 5.78 Å². The van der Waals surface area contributed by atoms with Crippen molar-refractivity contribution in [1.29, 1.82) is 5.26 Å². The number of aromatic nitrogens is 2. The lowest BCUT2D eigenvalue weighted by molar-refractivity contribution is 0.0967. The average molecular weight is 260 g/mol. The number of nitrogens with zero attached hydrogens (tertiary/aromatic N) is 3. The lowest BCUT2D eigenvalue weighted by atomic mass is 10.1. The molecule has 1 aromatic heterocycles. The van der Waals surface area contributed by atoms with E-state index in [1.54, 1.807) is 37.4 Å². The van der Waals surface area contributed by atoms with E-state index in [-0.39, 0.29) is 12.3 Å².